The fraction of sp³-hybridized carbons (Fsp3) is 0.625. The molecule has 0 radical (unpaired) electrons. The highest BCUT2D eigenvalue weighted by Gasteiger charge is 2.34. The van der Waals surface area contributed by atoms with Crippen molar-refractivity contribution in [3.63, 3.8) is 0 Å². The normalized spacial score (nSPS) is 27.3. The van der Waals surface area contributed by atoms with Crippen molar-refractivity contribution in [2.75, 3.05) is 19.6 Å². The van der Waals surface area contributed by atoms with Gasteiger partial charge < -0.3 is 20.9 Å². The second-order valence-electron chi connectivity index (χ2n) is 5.99. The van der Waals surface area contributed by atoms with Crippen molar-refractivity contribution in [2.45, 2.75) is 38.4 Å². The summed E-state index contributed by atoms with van der Waals surface area (Å²) in [6, 6.07) is 4.01. The van der Waals surface area contributed by atoms with E-state index in [1.807, 2.05) is 13.0 Å². The maximum atomic E-state index is 10.4. The number of hydrogen-bond acceptors (Lipinski definition) is 4. The van der Waals surface area contributed by atoms with Gasteiger partial charge in [-0.1, -0.05) is 12.1 Å². The quantitative estimate of drug-likeness (QED) is 0.768. The van der Waals surface area contributed by atoms with Crippen molar-refractivity contribution in [3.05, 3.63) is 28.8 Å². The highest BCUT2D eigenvalue weighted by molar-refractivity contribution is 5.47. The molecular weight excluding hydrogens is 252 g/mol. The second kappa shape index (κ2) is 5.72. The third-order valence-corrected chi connectivity index (χ3v) is 4.74. The number of hydrogen-bond donors (Lipinski definition) is 3. The molecule has 0 spiro atoms. The van der Waals surface area contributed by atoms with E-state index in [4.69, 9.17) is 10.5 Å². The molecule has 0 bridgehead atoms. The molecule has 3 rings (SSSR count). The molecule has 0 amide bonds. The Morgan fingerprint density at radius 1 is 1.35 bits per heavy atom. The number of aryl methyl sites for hydroxylation is 1. The maximum absolute atomic E-state index is 10.4. The number of phenols is 1. The van der Waals surface area contributed by atoms with E-state index in [1.54, 1.807) is 0 Å². The van der Waals surface area contributed by atoms with Gasteiger partial charge in [-0.25, -0.2) is 0 Å². The molecule has 0 aromatic heterocycles. The van der Waals surface area contributed by atoms with Crippen molar-refractivity contribution >= 4 is 0 Å². The third-order valence-electron chi connectivity index (χ3n) is 4.74. The van der Waals surface area contributed by atoms with Gasteiger partial charge in [-0.15, -0.1) is 0 Å². The lowest BCUT2D eigenvalue weighted by Crippen LogP contribution is -2.40. The van der Waals surface area contributed by atoms with Crippen LogP contribution in [0.4, 0.5) is 0 Å². The molecule has 1 fully saturated rings. The Labute approximate surface area is 120 Å². The lowest BCUT2D eigenvalue weighted by Gasteiger charge is -2.38. The second-order valence-corrected chi connectivity index (χ2v) is 5.99. The van der Waals surface area contributed by atoms with E-state index < -0.39 is 0 Å². The average molecular weight is 276 g/mol. The van der Waals surface area contributed by atoms with Gasteiger partial charge in [0, 0.05) is 18.5 Å². The Hall–Kier alpha value is -1.10. The number of piperidine rings is 1. The minimum Gasteiger partial charge on any atom is -0.507 e. The minimum absolute atomic E-state index is 0.0786. The first-order chi connectivity index (χ1) is 9.70. The SMILES string of the molecule is Cc1ccc2c(c1O)C[C@@H](C1CCNCC1)O[C@H]2CN. The van der Waals surface area contributed by atoms with Crippen LogP contribution in [0.5, 0.6) is 5.75 Å². The lowest BCUT2D eigenvalue weighted by atomic mass is 9.83. The van der Waals surface area contributed by atoms with Gasteiger partial charge in [-0.05, 0) is 49.9 Å². The van der Waals surface area contributed by atoms with Gasteiger partial charge in [-0.3, -0.25) is 0 Å². The minimum atomic E-state index is -0.0786. The summed E-state index contributed by atoms with van der Waals surface area (Å²) in [7, 11) is 0. The molecule has 4 N–H and O–H groups in total. The summed E-state index contributed by atoms with van der Waals surface area (Å²) in [5.41, 5.74) is 8.94. The zero-order chi connectivity index (χ0) is 14.1. The zero-order valence-corrected chi connectivity index (χ0v) is 12.1. The van der Waals surface area contributed by atoms with Crippen molar-refractivity contribution in [1.82, 2.24) is 5.32 Å². The van der Waals surface area contributed by atoms with E-state index in [0.717, 1.165) is 49.0 Å². The predicted molar refractivity (Wildman–Crippen MR) is 78.8 cm³/mol. The number of nitrogens with one attached hydrogen (secondary N) is 1. The maximum Gasteiger partial charge on any atom is 0.122 e. The van der Waals surface area contributed by atoms with E-state index in [2.05, 4.69) is 11.4 Å². The number of aromatic hydroxyl groups is 1. The largest absolute Gasteiger partial charge is 0.507 e. The van der Waals surface area contributed by atoms with Crippen molar-refractivity contribution in [1.29, 1.82) is 0 Å². The number of nitrogens with two attached hydrogens (primary N) is 1. The van der Waals surface area contributed by atoms with E-state index in [1.165, 1.54) is 0 Å². The van der Waals surface area contributed by atoms with Crippen LogP contribution in [0.25, 0.3) is 0 Å². The molecule has 1 aromatic carbocycles. The van der Waals surface area contributed by atoms with Gasteiger partial charge >= 0.3 is 0 Å². The molecule has 2 aliphatic heterocycles. The summed E-state index contributed by atoms with van der Waals surface area (Å²) in [5.74, 6) is 1.00. The molecule has 4 nitrogen and oxygen atoms in total. The Balaban J connectivity index is 1.90. The van der Waals surface area contributed by atoms with Crippen LogP contribution in [-0.2, 0) is 11.2 Å². The van der Waals surface area contributed by atoms with Gasteiger partial charge in [0.25, 0.3) is 0 Å². The molecule has 0 saturated carbocycles. The molecule has 2 aliphatic rings. The van der Waals surface area contributed by atoms with Crippen molar-refractivity contribution in [3.8, 4) is 5.75 Å². The molecule has 2 atom stereocenters. The van der Waals surface area contributed by atoms with Crippen LogP contribution in [0.15, 0.2) is 12.1 Å². The Morgan fingerprint density at radius 3 is 2.80 bits per heavy atom. The molecule has 1 saturated heterocycles. The van der Waals surface area contributed by atoms with E-state index in [0.29, 0.717) is 18.2 Å². The number of phenolic OH excluding ortho intramolecular Hbond substituents is 1. The summed E-state index contributed by atoms with van der Waals surface area (Å²) < 4.78 is 6.23. The summed E-state index contributed by atoms with van der Waals surface area (Å²) in [6.07, 6.45) is 3.20. The van der Waals surface area contributed by atoms with Crippen LogP contribution in [0.2, 0.25) is 0 Å². The molecule has 110 valence electrons. The zero-order valence-electron chi connectivity index (χ0n) is 12.1. The fourth-order valence-corrected chi connectivity index (χ4v) is 3.50. The summed E-state index contributed by atoms with van der Waals surface area (Å²) in [6.45, 7) is 4.54. The molecule has 0 unspecified atom stereocenters. The first-order valence-electron chi connectivity index (χ1n) is 7.58. The molecule has 4 heteroatoms. The standard InChI is InChI=1S/C16H24N2O2/c1-10-2-3-12-13(16(10)19)8-14(20-15(12)9-17)11-4-6-18-7-5-11/h2-3,11,14-15,18-19H,4-9,17H2,1H3/t14-,15-/m0/s1. The monoisotopic (exact) mass is 276 g/mol. The van der Waals surface area contributed by atoms with Gasteiger partial charge in [0.15, 0.2) is 0 Å². The van der Waals surface area contributed by atoms with Crippen LogP contribution in [0, 0.1) is 12.8 Å². The van der Waals surface area contributed by atoms with Gasteiger partial charge in [0.2, 0.25) is 0 Å². The summed E-state index contributed by atoms with van der Waals surface area (Å²) in [4.78, 5) is 0. The van der Waals surface area contributed by atoms with Gasteiger partial charge in [-0.2, -0.15) is 0 Å². The summed E-state index contributed by atoms with van der Waals surface area (Å²) in [5, 5.41) is 13.8. The Bertz CT molecular complexity index is 484. The van der Waals surface area contributed by atoms with Gasteiger partial charge in [0.1, 0.15) is 5.75 Å². The van der Waals surface area contributed by atoms with Crippen molar-refractivity contribution in [2.24, 2.45) is 11.7 Å². The van der Waals surface area contributed by atoms with Crippen LogP contribution in [0.1, 0.15) is 35.6 Å². The van der Waals surface area contributed by atoms with Crippen LogP contribution in [0.3, 0.4) is 0 Å². The molecule has 0 aliphatic carbocycles. The van der Waals surface area contributed by atoms with E-state index in [9.17, 15) is 5.11 Å². The highest BCUT2D eigenvalue weighted by atomic mass is 16.5. The topological polar surface area (TPSA) is 67.5 Å². The first kappa shape index (κ1) is 13.9. The van der Waals surface area contributed by atoms with Crippen LogP contribution >= 0.6 is 0 Å². The number of rotatable bonds is 2. The average Bonchev–Trinajstić information content (AvgIpc) is 2.51. The number of fused-ring (bicyclic) bond motifs is 1. The van der Waals surface area contributed by atoms with Gasteiger partial charge in [0.05, 0.1) is 12.2 Å². The molecular formula is C16H24N2O2. The highest BCUT2D eigenvalue weighted by Crippen LogP contribution is 2.39. The molecule has 2 heterocycles. The Morgan fingerprint density at radius 2 is 2.10 bits per heavy atom. The van der Waals surface area contributed by atoms with E-state index >= 15 is 0 Å². The summed E-state index contributed by atoms with van der Waals surface area (Å²) >= 11 is 0. The Kier molecular flexibility index (Phi) is 3.96. The third kappa shape index (κ3) is 2.43. The number of ether oxygens (including phenoxy) is 1. The van der Waals surface area contributed by atoms with E-state index in [-0.39, 0.29) is 12.2 Å². The first-order valence-corrected chi connectivity index (χ1v) is 7.58. The fourth-order valence-electron chi connectivity index (χ4n) is 3.50. The molecule has 1 aromatic rings. The predicted octanol–water partition coefficient (Wildman–Crippen LogP) is 1.64. The van der Waals surface area contributed by atoms with Crippen LogP contribution < -0.4 is 11.1 Å². The van der Waals surface area contributed by atoms with Crippen molar-refractivity contribution < 1.29 is 9.84 Å². The number of benzene rings is 1. The lowest BCUT2D eigenvalue weighted by molar-refractivity contribution is -0.0580. The smallest absolute Gasteiger partial charge is 0.122 e. The van der Waals surface area contributed by atoms with Crippen LogP contribution in [-0.4, -0.2) is 30.8 Å². The molecule has 20 heavy (non-hydrogen) atoms.